The molecule has 0 radical (unpaired) electrons. The number of nitrogens with one attached hydrogen (secondary N) is 3. The molecule has 2 aliphatic rings. The molecule has 18 nitrogen and oxygen atoms in total. The minimum Gasteiger partial charge on any atom is -0.508 e. The number of aromatic nitrogens is 1. The molecule has 2 aliphatic heterocycles. The fraction of sp³-hybridized carbons (Fsp3) is 0.350. The first kappa shape index (κ1) is 40.3. The number of anilines is 1. The van der Waals surface area contributed by atoms with Crippen molar-refractivity contribution in [2.75, 3.05) is 25.6 Å². The van der Waals surface area contributed by atoms with Crippen molar-refractivity contribution in [3.63, 3.8) is 0 Å². The van der Waals surface area contributed by atoms with Gasteiger partial charge in [-0.3, -0.25) is 4.79 Å². The number of aliphatic carboxylic acids is 1. The number of aliphatic hydroxyl groups is 4. The highest BCUT2D eigenvalue weighted by Crippen LogP contribution is 2.45. The van der Waals surface area contributed by atoms with Crippen molar-refractivity contribution < 1.29 is 63.9 Å². The Balaban J connectivity index is 1.21. The number of aromatic amines is 1. The van der Waals surface area contributed by atoms with Gasteiger partial charge < -0.3 is 80.5 Å². The Morgan fingerprint density at radius 1 is 1.03 bits per heavy atom. The first-order valence-electron chi connectivity index (χ1n) is 18.5. The van der Waals surface area contributed by atoms with Crippen molar-refractivity contribution in [3.05, 3.63) is 93.8 Å². The van der Waals surface area contributed by atoms with Crippen LogP contribution in [0.25, 0.3) is 22.3 Å². The molecule has 0 aliphatic carbocycles. The zero-order valence-electron chi connectivity index (χ0n) is 31.1. The van der Waals surface area contributed by atoms with Crippen LogP contribution in [0.2, 0.25) is 0 Å². The van der Waals surface area contributed by atoms with Crippen molar-refractivity contribution in [2.24, 2.45) is 0 Å². The summed E-state index contributed by atoms with van der Waals surface area (Å²) >= 11 is 0. The van der Waals surface area contributed by atoms with Crippen molar-refractivity contribution >= 4 is 22.8 Å². The lowest BCUT2D eigenvalue weighted by atomic mass is 9.79. The number of carboxylic acids is 1. The lowest BCUT2D eigenvalue weighted by molar-refractivity contribution is -0.307. The Kier molecular flexibility index (Phi) is 11.5. The quantitative estimate of drug-likeness (QED) is 0.0760. The summed E-state index contributed by atoms with van der Waals surface area (Å²) in [5.74, 6) is -2.37. The number of benzene rings is 3. The van der Waals surface area contributed by atoms with Gasteiger partial charge in [-0.05, 0) is 72.5 Å². The third-order valence-corrected chi connectivity index (χ3v) is 10.2. The molecular formula is C40H44N4O14. The fourth-order valence-electron chi connectivity index (χ4n) is 7.15. The number of H-pyrrole nitrogens is 1. The first-order chi connectivity index (χ1) is 27.7. The smallest absolute Gasteiger partial charge is 0.336 e. The molecule has 4 heterocycles. The maximum atomic E-state index is 13.6. The molecule has 5 aromatic rings. The number of hydrogen-bond donors (Lipinski definition) is 11. The predicted octanol–water partition coefficient (Wildman–Crippen LogP) is 1.59. The number of carboxylic acid groups (broad SMARTS) is 1. The summed E-state index contributed by atoms with van der Waals surface area (Å²) < 4.78 is 29.4. The third-order valence-electron chi connectivity index (χ3n) is 10.2. The molecule has 0 amide bonds. The maximum absolute atomic E-state index is 13.6. The molecule has 12 N–H and O–H groups in total. The number of phenols is 2. The number of nitrogens with two attached hydrogens (primary N) is 1. The average molecular weight is 805 g/mol. The van der Waals surface area contributed by atoms with E-state index in [1.165, 1.54) is 12.1 Å². The number of phenolic OH excluding ortho intramolecular Hbond substituents is 2. The van der Waals surface area contributed by atoms with Crippen molar-refractivity contribution in [1.82, 2.24) is 15.6 Å². The molecule has 0 spiro atoms. The average Bonchev–Trinajstić information content (AvgIpc) is 3.88. The van der Waals surface area contributed by atoms with Crippen LogP contribution >= 0.6 is 0 Å². The molecule has 0 saturated carbocycles. The van der Waals surface area contributed by atoms with Gasteiger partial charge in [-0.1, -0.05) is 13.0 Å². The standard InChI is InChI=1S/C40H44N4O14/c1-2-19-9-20(11-23(45)10-19)16-55-35-30(57-39-34(49)36(50)40(53,37(58-39)38(51)52)14-22-15-42-18-43-22)13-29-32(33(35)48)26(46)12-28(56-29)21-3-5-24(6-4-21)54-17-27(47)25-7-8-31(41)44-25/h3-13,22,27,34,36-37,39,42-45,47-50,53H,2,14-18,41H2,1H3,(H,51,52)/t22-,27+,34-,36+,37-,39-,40+/m1/s1. The van der Waals surface area contributed by atoms with Crippen LogP contribution in [0.15, 0.2) is 75.9 Å². The lowest BCUT2D eigenvalue weighted by Crippen LogP contribution is -2.70. The summed E-state index contributed by atoms with van der Waals surface area (Å²) in [6.45, 7) is 2.28. The van der Waals surface area contributed by atoms with E-state index in [1.807, 2.05) is 6.92 Å². The topological polar surface area (TPSA) is 292 Å². The number of fused-ring (bicyclic) bond motifs is 1. The van der Waals surface area contributed by atoms with E-state index in [4.69, 9.17) is 29.1 Å². The molecule has 2 aromatic heterocycles. The summed E-state index contributed by atoms with van der Waals surface area (Å²) in [5.41, 5.74) is 4.51. The lowest BCUT2D eigenvalue weighted by Gasteiger charge is -2.47. The number of hydrogen-bond acceptors (Lipinski definition) is 16. The second kappa shape index (κ2) is 16.5. The number of carbonyl (C=O) groups is 1. The molecule has 58 heavy (non-hydrogen) atoms. The van der Waals surface area contributed by atoms with Crippen molar-refractivity contribution in [1.29, 1.82) is 0 Å². The van der Waals surface area contributed by atoms with Crippen LogP contribution in [0.3, 0.4) is 0 Å². The summed E-state index contributed by atoms with van der Waals surface area (Å²) in [7, 11) is 0. The Hall–Kier alpha value is -5.86. The Morgan fingerprint density at radius 2 is 1.79 bits per heavy atom. The van der Waals surface area contributed by atoms with Crippen LogP contribution in [-0.2, 0) is 22.6 Å². The largest absolute Gasteiger partial charge is 0.508 e. The van der Waals surface area contributed by atoms with Gasteiger partial charge in [0.25, 0.3) is 0 Å². The highest BCUT2D eigenvalue weighted by Gasteiger charge is 2.59. The predicted molar refractivity (Wildman–Crippen MR) is 205 cm³/mol. The van der Waals surface area contributed by atoms with Crippen molar-refractivity contribution in [3.8, 4) is 40.1 Å². The number of ether oxygens (including phenoxy) is 4. The van der Waals surface area contributed by atoms with Crippen LogP contribution in [0, 0.1) is 0 Å². The van der Waals surface area contributed by atoms with Gasteiger partial charge in [-0.2, -0.15) is 0 Å². The minimum atomic E-state index is -2.45. The van der Waals surface area contributed by atoms with E-state index >= 15 is 0 Å². The summed E-state index contributed by atoms with van der Waals surface area (Å²) in [5, 5.41) is 82.0. The molecule has 0 unspecified atom stereocenters. The number of aryl methyl sites for hydroxylation is 1. The summed E-state index contributed by atoms with van der Waals surface area (Å²) in [6.07, 6.45) is -8.83. The van der Waals surface area contributed by atoms with E-state index in [0.717, 1.165) is 11.6 Å². The molecule has 308 valence electrons. The van der Waals surface area contributed by atoms with Gasteiger partial charge in [0, 0.05) is 42.6 Å². The zero-order valence-corrected chi connectivity index (χ0v) is 31.1. The first-order valence-corrected chi connectivity index (χ1v) is 18.5. The van der Waals surface area contributed by atoms with Gasteiger partial charge in [-0.25, -0.2) is 4.79 Å². The van der Waals surface area contributed by atoms with Gasteiger partial charge >= 0.3 is 5.97 Å². The highest BCUT2D eigenvalue weighted by molar-refractivity contribution is 5.89. The van der Waals surface area contributed by atoms with Gasteiger partial charge in [0.15, 0.2) is 23.0 Å². The molecule has 7 rings (SSSR count). The Bertz CT molecular complexity index is 2330. The van der Waals surface area contributed by atoms with Crippen LogP contribution in [0.1, 0.15) is 36.3 Å². The molecule has 3 aromatic carbocycles. The van der Waals surface area contributed by atoms with E-state index in [1.54, 1.807) is 48.5 Å². The zero-order chi connectivity index (χ0) is 41.3. The van der Waals surface area contributed by atoms with Crippen LogP contribution in [0.4, 0.5) is 5.82 Å². The Labute approximate surface area is 330 Å². The number of nitrogen functional groups attached to an aromatic ring is 1. The number of rotatable bonds is 14. The molecule has 2 saturated heterocycles. The SMILES string of the molecule is CCc1cc(O)cc(COc2c(O[C@@H]3O[C@H](C(=O)O)[C@](O)(C[C@@H]4CNCN4)[C@@H](O)[C@H]3O)cc3oc(-c4ccc(OC[C@H](O)c5ccc(N)[nH]5)cc4)cc(=O)c3c2O)c1. The highest BCUT2D eigenvalue weighted by atomic mass is 16.7. The molecule has 18 heteroatoms. The number of aliphatic hydroxyl groups excluding tert-OH is 3. The van der Waals surface area contributed by atoms with Crippen molar-refractivity contribution in [2.45, 2.75) is 68.7 Å². The van der Waals surface area contributed by atoms with E-state index in [9.17, 15) is 45.3 Å². The van der Waals surface area contributed by atoms with E-state index in [0.29, 0.717) is 48.0 Å². The maximum Gasteiger partial charge on any atom is 0.336 e. The normalized spacial score (nSPS) is 23.8. The van der Waals surface area contributed by atoms with Gasteiger partial charge in [0.1, 0.15) is 71.2 Å². The van der Waals surface area contributed by atoms with Gasteiger partial charge in [-0.15, -0.1) is 0 Å². The monoisotopic (exact) mass is 804 g/mol. The van der Waals surface area contributed by atoms with Crippen LogP contribution in [-0.4, -0.2) is 103 Å². The van der Waals surface area contributed by atoms with Crippen LogP contribution in [0.5, 0.6) is 28.7 Å². The van der Waals surface area contributed by atoms with E-state index < -0.39 is 65.2 Å². The third kappa shape index (κ3) is 8.25. The minimum absolute atomic E-state index is 0.0341. The number of aromatic hydroxyl groups is 2. The molecular weight excluding hydrogens is 760 g/mol. The van der Waals surface area contributed by atoms with Gasteiger partial charge in [0.2, 0.25) is 12.0 Å². The van der Waals surface area contributed by atoms with Gasteiger partial charge in [0.05, 0.1) is 0 Å². The second-order valence-corrected chi connectivity index (χ2v) is 14.3. The molecule has 7 atom stereocenters. The summed E-state index contributed by atoms with van der Waals surface area (Å²) in [6, 6.07) is 16.3. The second-order valence-electron chi connectivity index (χ2n) is 14.3. The fourth-order valence-corrected chi connectivity index (χ4v) is 7.15. The molecule has 0 bridgehead atoms. The molecule has 2 fully saturated rings. The van der Waals surface area contributed by atoms with E-state index in [-0.39, 0.29) is 47.9 Å². The Morgan fingerprint density at radius 3 is 2.47 bits per heavy atom. The van der Waals surface area contributed by atoms with E-state index in [2.05, 4.69) is 15.6 Å². The van der Waals surface area contributed by atoms with Crippen LogP contribution < -0.4 is 36.0 Å². The summed E-state index contributed by atoms with van der Waals surface area (Å²) in [4.78, 5) is 28.9.